The molecule has 1 spiro atoms. The van der Waals surface area contributed by atoms with Crippen LogP contribution in [0.3, 0.4) is 0 Å². The Kier molecular flexibility index (Phi) is 4.85. The summed E-state index contributed by atoms with van der Waals surface area (Å²) in [6.07, 6.45) is 5.84. The van der Waals surface area contributed by atoms with E-state index in [1.54, 1.807) is 13.1 Å². The fourth-order valence-corrected chi connectivity index (χ4v) is 4.07. The number of aromatic nitrogens is 2. The Morgan fingerprint density at radius 2 is 2.21 bits per heavy atom. The average Bonchev–Trinajstić information content (AvgIpc) is 3.44. The second-order valence-corrected chi connectivity index (χ2v) is 8.29. The maximum atomic E-state index is 14.2. The van der Waals surface area contributed by atoms with Gasteiger partial charge in [0.1, 0.15) is 12.4 Å². The number of nitrogens with zero attached hydrogens (tertiary/aromatic N) is 4. The van der Waals surface area contributed by atoms with Crippen LogP contribution in [0.25, 0.3) is 6.08 Å². The lowest BCUT2D eigenvalue weighted by molar-refractivity contribution is -0.118. The normalized spacial score (nSPS) is 17.8. The summed E-state index contributed by atoms with van der Waals surface area (Å²) in [7, 11) is 1.61. The molecule has 1 saturated carbocycles. The van der Waals surface area contributed by atoms with Crippen LogP contribution in [0.4, 0.5) is 4.39 Å². The van der Waals surface area contributed by atoms with Crippen molar-refractivity contribution in [3.63, 3.8) is 0 Å². The van der Waals surface area contributed by atoms with Gasteiger partial charge < -0.3 is 15.2 Å². The molecule has 29 heavy (non-hydrogen) atoms. The van der Waals surface area contributed by atoms with E-state index in [2.05, 4.69) is 25.9 Å². The number of carbonyl (C=O) groups excluding carboxylic acids is 2. The summed E-state index contributed by atoms with van der Waals surface area (Å²) in [5, 5.41) is 0. The highest BCUT2D eigenvalue weighted by molar-refractivity contribution is 9.10. The third-order valence-electron chi connectivity index (χ3n) is 5.32. The van der Waals surface area contributed by atoms with Gasteiger partial charge in [-0.15, -0.1) is 0 Å². The number of halogens is 2. The Morgan fingerprint density at radius 1 is 1.45 bits per heavy atom. The predicted octanol–water partition coefficient (Wildman–Crippen LogP) is 1.87. The Balaban J connectivity index is 1.61. The van der Waals surface area contributed by atoms with Gasteiger partial charge in [-0.05, 0) is 48.9 Å². The Bertz CT molecular complexity index is 1120. The number of nitrogens with two attached hydrogens (primary N) is 1. The SMILES string of the molecule is Cn1cc(F)c(=NC(=O)CN2CC3(CC3)c3cc(Br)ccc3C2=O)nc1/C=C\N. The molecule has 0 unspecified atom stereocenters. The number of rotatable bonds is 3. The van der Waals surface area contributed by atoms with Crippen molar-refractivity contribution in [3.05, 3.63) is 63.3 Å². The molecule has 1 aromatic carbocycles. The molecule has 2 aliphatic rings. The van der Waals surface area contributed by atoms with E-state index in [1.807, 2.05) is 12.1 Å². The number of fused-ring (bicyclic) bond motifs is 2. The zero-order valence-electron chi connectivity index (χ0n) is 15.7. The lowest BCUT2D eigenvalue weighted by Gasteiger charge is -2.34. The van der Waals surface area contributed by atoms with E-state index in [4.69, 9.17) is 5.73 Å². The molecule has 1 fully saturated rings. The molecule has 150 valence electrons. The largest absolute Gasteiger partial charge is 0.404 e. The Hall–Kier alpha value is -2.81. The standard InChI is InChI=1S/C20H19BrFN5O2/c1-26-9-15(22)18(24-16(26)4-7-23)25-17(28)10-27-11-20(5-6-20)14-8-12(21)2-3-13(14)19(27)29/h2-4,7-9H,5-6,10-11,23H2,1H3/b7-4-,25-18?. The topological polar surface area (TPSA) is 93.6 Å². The molecule has 2 amide bonds. The summed E-state index contributed by atoms with van der Waals surface area (Å²) in [6, 6.07) is 5.58. The number of benzene rings is 1. The van der Waals surface area contributed by atoms with Crippen molar-refractivity contribution < 1.29 is 14.0 Å². The van der Waals surface area contributed by atoms with Crippen LogP contribution in [-0.2, 0) is 17.3 Å². The Morgan fingerprint density at radius 3 is 2.90 bits per heavy atom. The van der Waals surface area contributed by atoms with Gasteiger partial charge in [0.05, 0.1) is 0 Å². The molecule has 4 rings (SSSR count). The Labute approximate surface area is 174 Å². The van der Waals surface area contributed by atoms with E-state index in [0.717, 1.165) is 22.9 Å². The number of hydrogen-bond donors (Lipinski definition) is 1. The predicted molar refractivity (Wildman–Crippen MR) is 108 cm³/mol. The average molecular weight is 460 g/mol. The van der Waals surface area contributed by atoms with Gasteiger partial charge in [0.15, 0.2) is 11.3 Å². The van der Waals surface area contributed by atoms with Crippen molar-refractivity contribution in [1.82, 2.24) is 14.5 Å². The molecule has 2 N–H and O–H groups in total. The van der Waals surface area contributed by atoms with Crippen LogP contribution < -0.4 is 11.2 Å². The fraction of sp³-hybridized carbons (Fsp3) is 0.300. The van der Waals surface area contributed by atoms with Crippen LogP contribution in [0.1, 0.15) is 34.6 Å². The first kappa shape index (κ1) is 19.5. The van der Waals surface area contributed by atoms with Gasteiger partial charge in [-0.25, -0.2) is 9.37 Å². The highest BCUT2D eigenvalue weighted by Crippen LogP contribution is 2.52. The molecule has 0 radical (unpaired) electrons. The van der Waals surface area contributed by atoms with E-state index >= 15 is 0 Å². The van der Waals surface area contributed by atoms with Crippen molar-refractivity contribution >= 4 is 33.8 Å². The summed E-state index contributed by atoms with van der Waals surface area (Å²) >= 11 is 3.46. The number of hydrogen-bond acceptors (Lipinski definition) is 4. The second-order valence-electron chi connectivity index (χ2n) is 7.38. The first-order valence-corrected chi connectivity index (χ1v) is 9.90. The summed E-state index contributed by atoms with van der Waals surface area (Å²) in [5.74, 6) is -1.22. The number of amides is 2. The first-order valence-electron chi connectivity index (χ1n) is 9.11. The molecule has 2 heterocycles. The van der Waals surface area contributed by atoms with E-state index in [1.165, 1.54) is 27.9 Å². The summed E-state index contributed by atoms with van der Waals surface area (Å²) in [6.45, 7) is 0.234. The molecule has 0 bridgehead atoms. The highest BCUT2D eigenvalue weighted by atomic mass is 79.9. The fourth-order valence-electron chi connectivity index (χ4n) is 3.71. The molecular formula is C20H19BrFN5O2. The lowest BCUT2D eigenvalue weighted by Crippen LogP contribution is -2.45. The summed E-state index contributed by atoms with van der Waals surface area (Å²) in [4.78, 5) is 34.7. The van der Waals surface area contributed by atoms with Gasteiger partial charge in [-0.2, -0.15) is 4.99 Å². The van der Waals surface area contributed by atoms with E-state index in [-0.39, 0.29) is 23.4 Å². The molecule has 0 atom stereocenters. The molecule has 1 aliphatic heterocycles. The summed E-state index contributed by atoms with van der Waals surface area (Å²) < 4.78 is 16.5. The van der Waals surface area contributed by atoms with Gasteiger partial charge in [-0.3, -0.25) is 9.59 Å². The summed E-state index contributed by atoms with van der Waals surface area (Å²) in [5.41, 5.74) is 6.58. The van der Waals surface area contributed by atoms with Crippen molar-refractivity contribution in [1.29, 1.82) is 0 Å². The maximum absolute atomic E-state index is 14.2. The molecular weight excluding hydrogens is 441 g/mol. The van der Waals surface area contributed by atoms with E-state index < -0.39 is 11.7 Å². The third-order valence-corrected chi connectivity index (χ3v) is 5.82. The minimum absolute atomic E-state index is 0.101. The van der Waals surface area contributed by atoms with E-state index in [9.17, 15) is 14.0 Å². The molecule has 1 aliphatic carbocycles. The zero-order valence-corrected chi connectivity index (χ0v) is 17.3. The van der Waals surface area contributed by atoms with Crippen molar-refractivity contribution in [2.45, 2.75) is 18.3 Å². The number of carbonyl (C=O) groups is 2. The van der Waals surface area contributed by atoms with Gasteiger partial charge in [0.2, 0.25) is 0 Å². The van der Waals surface area contributed by atoms with Crippen LogP contribution in [-0.4, -0.2) is 39.4 Å². The minimum atomic E-state index is -0.728. The molecule has 1 aromatic heterocycles. The van der Waals surface area contributed by atoms with Crippen LogP contribution >= 0.6 is 15.9 Å². The van der Waals surface area contributed by atoms with Gasteiger partial charge in [0.25, 0.3) is 11.8 Å². The van der Waals surface area contributed by atoms with Crippen molar-refractivity contribution in [2.24, 2.45) is 17.8 Å². The van der Waals surface area contributed by atoms with Crippen molar-refractivity contribution in [2.75, 3.05) is 13.1 Å². The third kappa shape index (κ3) is 3.62. The zero-order chi connectivity index (χ0) is 20.8. The monoisotopic (exact) mass is 459 g/mol. The quantitative estimate of drug-likeness (QED) is 0.757. The molecule has 9 heteroatoms. The van der Waals surface area contributed by atoms with Crippen LogP contribution in [0.2, 0.25) is 0 Å². The first-order chi connectivity index (χ1) is 13.8. The molecule has 7 nitrogen and oxygen atoms in total. The van der Waals surface area contributed by atoms with Gasteiger partial charge >= 0.3 is 0 Å². The van der Waals surface area contributed by atoms with Crippen molar-refractivity contribution in [3.8, 4) is 0 Å². The maximum Gasteiger partial charge on any atom is 0.267 e. The van der Waals surface area contributed by atoms with Gasteiger partial charge in [0, 0.05) is 35.2 Å². The lowest BCUT2D eigenvalue weighted by atomic mass is 9.86. The van der Waals surface area contributed by atoms with Gasteiger partial charge in [-0.1, -0.05) is 15.9 Å². The second kappa shape index (κ2) is 7.22. The van der Waals surface area contributed by atoms with E-state index in [0.29, 0.717) is 17.9 Å². The van der Waals surface area contributed by atoms with Crippen LogP contribution in [0.5, 0.6) is 0 Å². The highest BCUT2D eigenvalue weighted by Gasteiger charge is 2.51. The number of aryl methyl sites for hydroxylation is 1. The van der Waals surface area contributed by atoms with Crippen LogP contribution in [0, 0.1) is 5.82 Å². The molecule has 0 saturated heterocycles. The smallest absolute Gasteiger partial charge is 0.267 e. The van der Waals surface area contributed by atoms with Crippen LogP contribution in [0.15, 0.2) is 40.1 Å². The minimum Gasteiger partial charge on any atom is -0.404 e. The molecule has 2 aromatic rings.